The van der Waals surface area contributed by atoms with Crippen LogP contribution in [0.4, 0.5) is 0 Å². The van der Waals surface area contributed by atoms with E-state index in [-0.39, 0.29) is 16.6 Å². The molecule has 0 saturated carbocycles. The van der Waals surface area contributed by atoms with E-state index in [1.165, 1.54) is 6.92 Å². The number of piperidine rings is 1. The lowest BCUT2D eigenvalue weighted by Gasteiger charge is -2.23. The molecule has 0 aliphatic carbocycles. The summed E-state index contributed by atoms with van der Waals surface area (Å²) in [6, 6.07) is -0.179. The zero-order valence-corrected chi connectivity index (χ0v) is 11.2. The SMILES string of the molecule is Cc1[nH]nc(C(=O)O)c1S(=O)(=O)NC1CCNCC1. The van der Waals surface area contributed by atoms with Crippen molar-refractivity contribution >= 4 is 16.0 Å². The Balaban J connectivity index is 2.28. The maximum absolute atomic E-state index is 12.3. The van der Waals surface area contributed by atoms with Crippen LogP contribution in [-0.4, -0.2) is 48.8 Å². The van der Waals surface area contributed by atoms with E-state index in [0.717, 1.165) is 13.1 Å². The monoisotopic (exact) mass is 288 g/mol. The first-order valence-electron chi connectivity index (χ1n) is 5.93. The molecule has 2 heterocycles. The van der Waals surface area contributed by atoms with Crippen LogP contribution < -0.4 is 10.0 Å². The van der Waals surface area contributed by atoms with Crippen LogP contribution in [-0.2, 0) is 10.0 Å². The Labute approximate surface area is 110 Å². The molecule has 1 aromatic heterocycles. The summed E-state index contributed by atoms with van der Waals surface area (Å²) in [6.07, 6.45) is 1.36. The summed E-state index contributed by atoms with van der Waals surface area (Å²) in [6.45, 7) is 2.96. The van der Waals surface area contributed by atoms with Gasteiger partial charge in [0.2, 0.25) is 10.0 Å². The van der Waals surface area contributed by atoms with Gasteiger partial charge in [-0.05, 0) is 32.9 Å². The average molecular weight is 288 g/mol. The van der Waals surface area contributed by atoms with Crippen molar-refractivity contribution in [1.82, 2.24) is 20.2 Å². The number of aryl methyl sites for hydroxylation is 1. The minimum Gasteiger partial charge on any atom is -0.476 e. The minimum atomic E-state index is -3.88. The molecule has 0 unspecified atom stereocenters. The normalized spacial score (nSPS) is 17.5. The molecule has 8 nitrogen and oxygen atoms in total. The highest BCUT2D eigenvalue weighted by Gasteiger charge is 2.30. The highest BCUT2D eigenvalue weighted by Crippen LogP contribution is 2.19. The van der Waals surface area contributed by atoms with Crippen LogP contribution in [0.25, 0.3) is 0 Å². The van der Waals surface area contributed by atoms with Crippen LogP contribution in [0.3, 0.4) is 0 Å². The summed E-state index contributed by atoms with van der Waals surface area (Å²) in [5.41, 5.74) is -0.252. The Morgan fingerprint density at radius 1 is 1.42 bits per heavy atom. The van der Waals surface area contributed by atoms with Gasteiger partial charge in [-0.15, -0.1) is 0 Å². The van der Waals surface area contributed by atoms with Gasteiger partial charge in [-0.1, -0.05) is 0 Å². The molecule has 4 N–H and O–H groups in total. The molecule has 2 rings (SSSR count). The highest BCUT2D eigenvalue weighted by molar-refractivity contribution is 7.89. The van der Waals surface area contributed by atoms with Crippen molar-refractivity contribution in [3.63, 3.8) is 0 Å². The Bertz CT molecular complexity index is 574. The second-order valence-electron chi connectivity index (χ2n) is 4.48. The Kier molecular flexibility index (Phi) is 3.88. The van der Waals surface area contributed by atoms with Gasteiger partial charge in [-0.3, -0.25) is 5.10 Å². The molecular weight excluding hydrogens is 272 g/mol. The van der Waals surface area contributed by atoms with E-state index in [1.807, 2.05) is 0 Å². The van der Waals surface area contributed by atoms with E-state index in [0.29, 0.717) is 12.8 Å². The number of rotatable bonds is 4. The van der Waals surface area contributed by atoms with Crippen molar-refractivity contribution in [2.75, 3.05) is 13.1 Å². The van der Waals surface area contributed by atoms with Crippen molar-refractivity contribution in [2.45, 2.75) is 30.7 Å². The first-order valence-corrected chi connectivity index (χ1v) is 7.41. The van der Waals surface area contributed by atoms with Gasteiger partial charge >= 0.3 is 5.97 Å². The number of H-pyrrole nitrogens is 1. The fourth-order valence-electron chi connectivity index (χ4n) is 2.11. The summed E-state index contributed by atoms with van der Waals surface area (Å²) >= 11 is 0. The predicted octanol–water partition coefficient (Wildman–Crippen LogP) is -0.553. The van der Waals surface area contributed by atoms with Crippen molar-refractivity contribution in [3.8, 4) is 0 Å². The van der Waals surface area contributed by atoms with Crippen LogP contribution in [0.5, 0.6) is 0 Å². The van der Waals surface area contributed by atoms with Gasteiger partial charge < -0.3 is 10.4 Å². The van der Waals surface area contributed by atoms with Crippen molar-refractivity contribution in [2.24, 2.45) is 0 Å². The quantitative estimate of drug-likeness (QED) is 0.589. The fourth-order valence-corrected chi connectivity index (χ4v) is 3.74. The maximum Gasteiger partial charge on any atom is 0.357 e. The Morgan fingerprint density at radius 3 is 2.63 bits per heavy atom. The van der Waals surface area contributed by atoms with Crippen molar-refractivity contribution in [1.29, 1.82) is 0 Å². The van der Waals surface area contributed by atoms with E-state index >= 15 is 0 Å². The van der Waals surface area contributed by atoms with Gasteiger partial charge in [0.1, 0.15) is 4.90 Å². The third-order valence-corrected chi connectivity index (χ3v) is 4.70. The molecule has 9 heteroatoms. The second-order valence-corrected chi connectivity index (χ2v) is 6.13. The van der Waals surface area contributed by atoms with Gasteiger partial charge in [-0.25, -0.2) is 17.9 Å². The summed E-state index contributed by atoms with van der Waals surface area (Å²) in [5.74, 6) is -1.37. The average Bonchev–Trinajstić information content (AvgIpc) is 2.73. The van der Waals surface area contributed by atoms with Gasteiger partial charge in [0.15, 0.2) is 5.69 Å². The van der Waals surface area contributed by atoms with E-state index in [2.05, 4.69) is 20.2 Å². The van der Waals surface area contributed by atoms with Crippen LogP contribution in [0.15, 0.2) is 4.90 Å². The molecule has 1 saturated heterocycles. The number of hydrogen-bond acceptors (Lipinski definition) is 5. The van der Waals surface area contributed by atoms with Crippen LogP contribution in [0, 0.1) is 6.92 Å². The predicted molar refractivity (Wildman–Crippen MR) is 66.5 cm³/mol. The summed E-state index contributed by atoms with van der Waals surface area (Å²) in [5, 5.41) is 18.0. The van der Waals surface area contributed by atoms with E-state index in [9.17, 15) is 13.2 Å². The molecular formula is C10H16N4O4S. The number of aromatic nitrogens is 2. The zero-order valence-electron chi connectivity index (χ0n) is 10.4. The van der Waals surface area contributed by atoms with Crippen LogP contribution >= 0.6 is 0 Å². The van der Waals surface area contributed by atoms with E-state index in [4.69, 9.17) is 5.11 Å². The standard InChI is InChI=1S/C10H16N4O4S/c1-6-9(8(10(15)16)13-12-6)19(17,18)14-7-2-4-11-5-3-7/h7,11,14H,2-5H2,1H3,(H,12,13)(H,15,16). The lowest BCUT2D eigenvalue weighted by Crippen LogP contribution is -2.43. The first-order chi connectivity index (χ1) is 8.92. The number of aromatic carboxylic acids is 1. The lowest BCUT2D eigenvalue weighted by molar-refractivity contribution is 0.0686. The molecule has 19 heavy (non-hydrogen) atoms. The molecule has 0 spiro atoms. The van der Waals surface area contributed by atoms with Crippen LogP contribution in [0.1, 0.15) is 29.0 Å². The largest absolute Gasteiger partial charge is 0.476 e. The van der Waals surface area contributed by atoms with Gasteiger partial charge in [0, 0.05) is 6.04 Å². The molecule has 106 valence electrons. The van der Waals surface area contributed by atoms with E-state index < -0.39 is 21.7 Å². The molecule has 1 aliphatic rings. The number of aromatic amines is 1. The fraction of sp³-hybridized carbons (Fsp3) is 0.600. The van der Waals surface area contributed by atoms with Gasteiger partial charge in [0.05, 0.1) is 5.69 Å². The maximum atomic E-state index is 12.3. The number of nitrogens with zero attached hydrogens (tertiary/aromatic N) is 1. The Morgan fingerprint density at radius 2 is 2.05 bits per heavy atom. The topological polar surface area (TPSA) is 124 Å². The third kappa shape index (κ3) is 2.94. The summed E-state index contributed by atoms with van der Waals surface area (Å²) in [7, 11) is -3.88. The highest BCUT2D eigenvalue weighted by atomic mass is 32.2. The molecule has 0 radical (unpaired) electrons. The number of nitrogens with one attached hydrogen (secondary N) is 3. The number of carboxylic acids is 1. The molecule has 0 amide bonds. The van der Waals surface area contributed by atoms with E-state index in [1.54, 1.807) is 0 Å². The first kappa shape index (κ1) is 14.0. The van der Waals surface area contributed by atoms with Gasteiger partial charge in [-0.2, -0.15) is 5.10 Å². The van der Waals surface area contributed by atoms with Crippen LogP contribution in [0.2, 0.25) is 0 Å². The number of carbonyl (C=O) groups is 1. The summed E-state index contributed by atoms with van der Waals surface area (Å²) < 4.78 is 27.0. The molecule has 0 atom stereocenters. The Hall–Kier alpha value is -1.45. The second kappa shape index (κ2) is 5.27. The zero-order chi connectivity index (χ0) is 14.0. The minimum absolute atomic E-state index is 0.179. The molecule has 0 bridgehead atoms. The van der Waals surface area contributed by atoms with Crippen molar-refractivity contribution in [3.05, 3.63) is 11.4 Å². The number of carboxylic acid groups (broad SMARTS) is 1. The molecule has 1 fully saturated rings. The molecule has 1 aromatic rings. The van der Waals surface area contributed by atoms with Crippen molar-refractivity contribution < 1.29 is 18.3 Å². The summed E-state index contributed by atoms with van der Waals surface area (Å²) in [4.78, 5) is 10.7. The molecule has 0 aromatic carbocycles. The molecule has 1 aliphatic heterocycles. The number of sulfonamides is 1. The van der Waals surface area contributed by atoms with Gasteiger partial charge in [0.25, 0.3) is 0 Å². The lowest BCUT2D eigenvalue weighted by atomic mass is 10.1. The number of hydrogen-bond donors (Lipinski definition) is 4. The smallest absolute Gasteiger partial charge is 0.357 e. The third-order valence-electron chi connectivity index (χ3n) is 3.02.